The zero-order valence-corrected chi connectivity index (χ0v) is 13.1. The maximum Gasteiger partial charge on any atom is 0.107 e. The highest BCUT2D eigenvalue weighted by Gasteiger charge is 2.11. The van der Waals surface area contributed by atoms with Gasteiger partial charge in [-0.15, -0.1) is 11.3 Å². The summed E-state index contributed by atoms with van der Waals surface area (Å²) in [5, 5.41) is 7.52. The third-order valence-electron chi connectivity index (χ3n) is 3.15. The molecule has 0 bridgehead atoms. The molecule has 0 unspecified atom stereocenters. The van der Waals surface area contributed by atoms with Crippen LogP contribution >= 0.6 is 23.6 Å². The minimum absolute atomic E-state index is 0.338. The molecule has 0 saturated heterocycles. The van der Waals surface area contributed by atoms with Gasteiger partial charge in [-0.25, -0.2) is 4.98 Å². The number of aryl methyl sites for hydroxylation is 1. The Hall–Kier alpha value is -2.05. The van der Waals surface area contributed by atoms with E-state index in [0.29, 0.717) is 11.5 Å². The van der Waals surface area contributed by atoms with Gasteiger partial charge in [-0.05, 0) is 13.0 Å². The molecule has 0 spiro atoms. The summed E-state index contributed by atoms with van der Waals surface area (Å²) in [5.74, 6) is 0. The van der Waals surface area contributed by atoms with Crippen molar-refractivity contribution in [2.75, 3.05) is 5.32 Å². The van der Waals surface area contributed by atoms with Crippen molar-refractivity contribution in [1.82, 2.24) is 9.97 Å². The molecule has 3 rings (SSSR count). The lowest BCUT2D eigenvalue weighted by Gasteiger charge is -2.13. The van der Waals surface area contributed by atoms with Crippen LogP contribution in [-0.4, -0.2) is 15.0 Å². The largest absolute Gasteiger partial charge is 0.389 e. The highest BCUT2D eigenvalue weighted by molar-refractivity contribution is 7.80. The smallest absolute Gasteiger partial charge is 0.107 e. The normalized spacial score (nSPS) is 10.7. The van der Waals surface area contributed by atoms with Gasteiger partial charge in [0.15, 0.2) is 0 Å². The molecule has 0 aliphatic rings. The van der Waals surface area contributed by atoms with Crippen LogP contribution in [0.1, 0.15) is 16.3 Å². The number of anilines is 1. The molecular formula is C15H14N4S2. The maximum absolute atomic E-state index is 5.82. The van der Waals surface area contributed by atoms with Crippen molar-refractivity contribution >= 4 is 45.1 Å². The van der Waals surface area contributed by atoms with E-state index in [1.54, 1.807) is 17.5 Å². The Morgan fingerprint density at radius 2 is 2.19 bits per heavy atom. The number of hydrogen-bond donors (Lipinski definition) is 2. The van der Waals surface area contributed by atoms with E-state index in [1.165, 1.54) is 0 Å². The fourth-order valence-corrected chi connectivity index (χ4v) is 2.95. The molecule has 2 aromatic heterocycles. The molecule has 106 valence electrons. The predicted octanol–water partition coefficient (Wildman–Crippen LogP) is 3.25. The Bertz CT molecular complexity index is 810. The number of nitrogens with two attached hydrogens (primary N) is 1. The lowest BCUT2D eigenvalue weighted by atomic mass is 10.1. The van der Waals surface area contributed by atoms with Crippen LogP contribution in [0.4, 0.5) is 5.69 Å². The summed E-state index contributed by atoms with van der Waals surface area (Å²) >= 11 is 6.77. The van der Waals surface area contributed by atoms with Gasteiger partial charge in [-0.1, -0.05) is 30.4 Å². The van der Waals surface area contributed by atoms with Crippen molar-refractivity contribution in [3.8, 4) is 0 Å². The van der Waals surface area contributed by atoms with E-state index in [9.17, 15) is 0 Å². The molecule has 3 N–H and O–H groups in total. The summed E-state index contributed by atoms with van der Waals surface area (Å²) < 4.78 is 0. The van der Waals surface area contributed by atoms with E-state index >= 15 is 0 Å². The second kappa shape index (κ2) is 5.75. The van der Waals surface area contributed by atoms with Gasteiger partial charge in [0.1, 0.15) is 4.99 Å². The first kappa shape index (κ1) is 13.9. The van der Waals surface area contributed by atoms with Crippen LogP contribution in [0.3, 0.4) is 0 Å². The summed E-state index contributed by atoms with van der Waals surface area (Å²) in [7, 11) is 0. The average Bonchev–Trinajstić information content (AvgIpc) is 2.90. The second-order valence-electron chi connectivity index (χ2n) is 4.64. The maximum atomic E-state index is 5.82. The van der Waals surface area contributed by atoms with Crippen molar-refractivity contribution < 1.29 is 0 Å². The van der Waals surface area contributed by atoms with Crippen LogP contribution in [0.5, 0.6) is 0 Å². The fourth-order valence-electron chi connectivity index (χ4n) is 2.19. The lowest BCUT2D eigenvalue weighted by molar-refractivity contribution is 1.06. The predicted molar refractivity (Wildman–Crippen MR) is 91.8 cm³/mol. The van der Waals surface area contributed by atoms with Crippen LogP contribution in [0.2, 0.25) is 0 Å². The highest BCUT2D eigenvalue weighted by atomic mass is 32.1. The number of thiocarbonyl (C=S) groups is 1. The van der Waals surface area contributed by atoms with Gasteiger partial charge >= 0.3 is 0 Å². The van der Waals surface area contributed by atoms with Gasteiger partial charge in [0.05, 0.1) is 34.0 Å². The second-order valence-corrected chi connectivity index (χ2v) is 6.14. The molecule has 21 heavy (non-hydrogen) atoms. The Balaban J connectivity index is 2.01. The third-order valence-corrected chi connectivity index (χ3v) is 4.20. The van der Waals surface area contributed by atoms with Gasteiger partial charge in [-0.2, -0.15) is 0 Å². The molecule has 0 atom stereocenters. The number of para-hydroxylation sites is 1. The quantitative estimate of drug-likeness (QED) is 0.724. The number of rotatable bonds is 4. The standard InChI is InChI=1S/C15H14N4S2/c1-9-19-10(8-21-9)6-18-14-11-4-2-3-5-13(11)17-7-12(14)15(16)20/h2-5,7-8H,6H2,1H3,(H2,16,20)(H,17,18). The number of pyridine rings is 1. The van der Waals surface area contributed by atoms with E-state index in [2.05, 4.69) is 15.3 Å². The van der Waals surface area contributed by atoms with Crippen molar-refractivity contribution in [3.05, 3.63) is 52.1 Å². The van der Waals surface area contributed by atoms with Crippen LogP contribution in [0.25, 0.3) is 10.9 Å². The molecule has 4 nitrogen and oxygen atoms in total. The minimum Gasteiger partial charge on any atom is -0.389 e. The molecule has 3 aromatic rings. The summed E-state index contributed by atoms with van der Waals surface area (Å²) in [6.07, 6.45) is 1.72. The molecule has 0 radical (unpaired) electrons. The van der Waals surface area contributed by atoms with E-state index in [-0.39, 0.29) is 0 Å². The van der Waals surface area contributed by atoms with E-state index in [0.717, 1.165) is 32.9 Å². The summed E-state index contributed by atoms with van der Waals surface area (Å²) in [4.78, 5) is 9.20. The summed E-state index contributed by atoms with van der Waals surface area (Å²) in [5.41, 5.74) is 9.41. The van der Waals surface area contributed by atoms with E-state index < -0.39 is 0 Å². The monoisotopic (exact) mass is 314 g/mol. The van der Waals surface area contributed by atoms with Crippen molar-refractivity contribution in [2.24, 2.45) is 5.73 Å². The van der Waals surface area contributed by atoms with Gasteiger partial charge in [0.25, 0.3) is 0 Å². The Morgan fingerprint density at radius 3 is 2.90 bits per heavy atom. The molecule has 0 fully saturated rings. The average molecular weight is 314 g/mol. The Kier molecular flexibility index (Phi) is 3.81. The molecule has 0 aliphatic heterocycles. The zero-order valence-electron chi connectivity index (χ0n) is 11.5. The van der Waals surface area contributed by atoms with Crippen LogP contribution in [0.15, 0.2) is 35.8 Å². The molecule has 6 heteroatoms. The SMILES string of the molecule is Cc1nc(CNc2c(C(N)=S)cnc3ccccc23)cs1. The molecule has 0 saturated carbocycles. The molecule has 0 aliphatic carbocycles. The summed E-state index contributed by atoms with van der Waals surface area (Å²) in [6, 6.07) is 7.92. The molecule has 1 aromatic carbocycles. The zero-order chi connectivity index (χ0) is 14.8. The highest BCUT2D eigenvalue weighted by Crippen LogP contribution is 2.26. The van der Waals surface area contributed by atoms with Crippen molar-refractivity contribution in [2.45, 2.75) is 13.5 Å². The first-order valence-corrected chi connectivity index (χ1v) is 7.76. The molecule has 0 amide bonds. The Morgan fingerprint density at radius 1 is 1.38 bits per heavy atom. The number of nitrogens with one attached hydrogen (secondary N) is 1. The van der Waals surface area contributed by atoms with Crippen molar-refractivity contribution in [3.63, 3.8) is 0 Å². The lowest BCUT2D eigenvalue weighted by Crippen LogP contribution is -2.14. The van der Waals surface area contributed by atoms with Crippen molar-refractivity contribution in [1.29, 1.82) is 0 Å². The molecular weight excluding hydrogens is 300 g/mol. The summed E-state index contributed by atoms with van der Waals surface area (Å²) in [6.45, 7) is 2.63. The van der Waals surface area contributed by atoms with Gasteiger partial charge in [0.2, 0.25) is 0 Å². The van der Waals surface area contributed by atoms with Crippen LogP contribution in [-0.2, 0) is 6.54 Å². The number of fused-ring (bicyclic) bond motifs is 1. The van der Waals surface area contributed by atoms with Gasteiger partial charge < -0.3 is 11.1 Å². The third kappa shape index (κ3) is 2.86. The van der Waals surface area contributed by atoms with E-state index in [4.69, 9.17) is 18.0 Å². The fraction of sp³-hybridized carbons (Fsp3) is 0.133. The van der Waals surface area contributed by atoms with Gasteiger partial charge in [-0.3, -0.25) is 4.98 Å². The first-order valence-electron chi connectivity index (χ1n) is 6.47. The number of nitrogens with zero attached hydrogens (tertiary/aromatic N) is 2. The molecule has 2 heterocycles. The number of aromatic nitrogens is 2. The van der Waals surface area contributed by atoms with Crippen LogP contribution < -0.4 is 11.1 Å². The minimum atomic E-state index is 0.338. The number of thiazole rings is 1. The topological polar surface area (TPSA) is 63.8 Å². The van der Waals surface area contributed by atoms with Crippen LogP contribution in [0, 0.1) is 6.92 Å². The first-order chi connectivity index (χ1) is 10.1. The number of hydrogen-bond acceptors (Lipinski definition) is 5. The number of benzene rings is 1. The Labute approximate surface area is 132 Å². The van der Waals surface area contributed by atoms with E-state index in [1.807, 2.05) is 36.6 Å². The van der Waals surface area contributed by atoms with Gasteiger partial charge in [0, 0.05) is 17.0 Å².